The molecule has 0 amide bonds. The van der Waals surface area contributed by atoms with Gasteiger partial charge in [0.15, 0.2) is 0 Å². The third-order valence-electron chi connectivity index (χ3n) is 4.31. The molecule has 1 aliphatic rings. The first-order chi connectivity index (χ1) is 13.0. The maximum Gasteiger partial charge on any atom is 0.303 e. The molecule has 4 atom stereocenters. The van der Waals surface area contributed by atoms with Gasteiger partial charge in [0, 0.05) is 6.42 Å². The van der Waals surface area contributed by atoms with Crippen molar-refractivity contribution in [3.05, 3.63) is 48.6 Å². The molecule has 1 aliphatic heterocycles. The number of carboxylic acid groups (broad SMARTS) is 1. The van der Waals surface area contributed by atoms with Gasteiger partial charge in [0.05, 0.1) is 12.2 Å². The molecular formula is C22H34O5. The van der Waals surface area contributed by atoms with Gasteiger partial charge in [0.25, 0.3) is 0 Å². The van der Waals surface area contributed by atoms with Crippen molar-refractivity contribution in [2.45, 2.75) is 82.7 Å². The van der Waals surface area contributed by atoms with E-state index in [0.29, 0.717) is 19.3 Å². The largest absolute Gasteiger partial charge is 0.481 e. The maximum absolute atomic E-state index is 10.4. The number of aliphatic carboxylic acids is 1. The molecule has 0 aromatic carbocycles. The van der Waals surface area contributed by atoms with Crippen LogP contribution in [0.25, 0.3) is 0 Å². The highest BCUT2D eigenvalue weighted by Gasteiger charge is 2.42. The number of hydrogen-bond acceptors (Lipinski definition) is 4. The summed E-state index contributed by atoms with van der Waals surface area (Å²) < 4.78 is 5.51. The lowest BCUT2D eigenvalue weighted by Crippen LogP contribution is -2.13. The summed E-state index contributed by atoms with van der Waals surface area (Å²) in [6, 6.07) is 0. The van der Waals surface area contributed by atoms with Gasteiger partial charge in [-0.3, -0.25) is 4.79 Å². The van der Waals surface area contributed by atoms with Gasteiger partial charge in [-0.15, -0.1) is 0 Å². The van der Waals surface area contributed by atoms with E-state index in [-0.39, 0.29) is 18.6 Å². The van der Waals surface area contributed by atoms with Crippen LogP contribution in [0.3, 0.4) is 0 Å². The summed E-state index contributed by atoms with van der Waals surface area (Å²) in [4.78, 5) is 10.4. The van der Waals surface area contributed by atoms with E-state index in [1.807, 2.05) is 18.2 Å². The Morgan fingerprint density at radius 1 is 1.07 bits per heavy atom. The fourth-order valence-electron chi connectivity index (χ4n) is 2.68. The second-order valence-electron chi connectivity index (χ2n) is 6.81. The molecule has 1 heterocycles. The zero-order valence-electron chi connectivity index (χ0n) is 16.2. The van der Waals surface area contributed by atoms with Gasteiger partial charge >= 0.3 is 5.97 Å². The Hall–Kier alpha value is -1.69. The number of carbonyl (C=O) groups is 1. The van der Waals surface area contributed by atoms with Crippen molar-refractivity contribution < 1.29 is 24.9 Å². The SMILES string of the molecule is CCCCCC1OC1C(O)/C=C\C/C=C\C=C\C(O)C/C=C\CCC(=O)O. The lowest BCUT2D eigenvalue weighted by molar-refractivity contribution is -0.136. The molecule has 4 unspecified atom stereocenters. The van der Waals surface area contributed by atoms with Crippen LogP contribution in [0.1, 0.15) is 58.3 Å². The van der Waals surface area contributed by atoms with E-state index in [4.69, 9.17) is 9.84 Å². The molecule has 0 aromatic heterocycles. The first kappa shape index (κ1) is 23.3. The smallest absolute Gasteiger partial charge is 0.303 e. The van der Waals surface area contributed by atoms with E-state index < -0.39 is 18.2 Å². The highest BCUT2D eigenvalue weighted by Crippen LogP contribution is 2.30. The van der Waals surface area contributed by atoms with Gasteiger partial charge in [-0.25, -0.2) is 0 Å². The minimum atomic E-state index is -0.816. The molecule has 0 bridgehead atoms. The van der Waals surface area contributed by atoms with Crippen LogP contribution in [0.4, 0.5) is 0 Å². The lowest BCUT2D eigenvalue weighted by Gasteiger charge is -2.00. The minimum Gasteiger partial charge on any atom is -0.481 e. The Bertz CT molecular complexity index is 521. The summed E-state index contributed by atoms with van der Waals surface area (Å²) in [5.41, 5.74) is 0. The van der Waals surface area contributed by atoms with Crippen molar-refractivity contribution in [1.29, 1.82) is 0 Å². The molecule has 0 aromatic rings. The summed E-state index contributed by atoms with van der Waals surface area (Å²) >= 11 is 0. The Morgan fingerprint density at radius 3 is 2.63 bits per heavy atom. The van der Waals surface area contributed by atoms with E-state index in [2.05, 4.69) is 6.92 Å². The van der Waals surface area contributed by atoms with Gasteiger partial charge < -0.3 is 20.1 Å². The molecule has 0 spiro atoms. The highest BCUT2D eigenvalue weighted by molar-refractivity contribution is 5.66. The van der Waals surface area contributed by atoms with Crippen LogP contribution >= 0.6 is 0 Å². The topological polar surface area (TPSA) is 90.3 Å². The maximum atomic E-state index is 10.4. The Labute approximate surface area is 162 Å². The third kappa shape index (κ3) is 12.3. The number of rotatable bonds is 15. The predicted molar refractivity (Wildman–Crippen MR) is 107 cm³/mol. The number of carboxylic acids is 1. The second kappa shape index (κ2) is 14.4. The fraction of sp³-hybridized carbons (Fsp3) is 0.591. The van der Waals surface area contributed by atoms with E-state index in [9.17, 15) is 15.0 Å². The van der Waals surface area contributed by atoms with Crippen molar-refractivity contribution in [2.24, 2.45) is 0 Å². The van der Waals surface area contributed by atoms with Crippen LogP contribution in [0.5, 0.6) is 0 Å². The molecular weight excluding hydrogens is 344 g/mol. The normalized spacial score (nSPS) is 22.3. The van der Waals surface area contributed by atoms with Crippen molar-refractivity contribution in [1.82, 2.24) is 0 Å². The van der Waals surface area contributed by atoms with Crippen LogP contribution in [0.15, 0.2) is 48.6 Å². The Kier molecular flexibility index (Phi) is 12.4. The van der Waals surface area contributed by atoms with Gasteiger partial charge in [0.1, 0.15) is 12.2 Å². The summed E-state index contributed by atoms with van der Waals surface area (Å²) in [5.74, 6) is -0.816. The van der Waals surface area contributed by atoms with Crippen LogP contribution in [-0.4, -0.2) is 45.7 Å². The van der Waals surface area contributed by atoms with Crippen molar-refractivity contribution >= 4 is 5.97 Å². The average Bonchev–Trinajstić information content (AvgIpc) is 3.40. The Balaban J connectivity index is 2.10. The number of hydrogen-bond donors (Lipinski definition) is 3. The average molecular weight is 379 g/mol. The van der Waals surface area contributed by atoms with Gasteiger partial charge in [-0.2, -0.15) is 0 Å². The summed E-state index contributed by atoms with van der Waals surface area (Å²) in [6.45, 7) is 2.18. The number of ether oxygens (including phenoxy) is 1. The number of epoxide rings is 1. The van der Waals surface area contributed by atoms with Crippen molar-refractivity contribution in [2.75, 3.05) is 0 Å². The quantitative estimate of drug-likeness (QED) is 0.174. The molecule has 27 heavy (non-hydrogen) atoms. The monoisotopic (exact) mass is 378 g/mol. The number of aliphatic hydroxyl groups is 2. The lowest BCUT2D eigenvalue weighted by atomic mass is 10.1. The van der Waals surface area contributed by atoms with E-state index in [1.54, 1.807) is 30.4 Å². The van der Waals surface area contributed by atoms with Gasteiger partial charge in [0.2, 0.25) is 0 Å². The summed E-state index contributed by atoms with van der Waals surface area (Å²) in [5, 5.41) is 28.3. The minimum absolute atomic E-state index is 0.0410. The molecule has 0 aliphatic carbocycles. The van der Waals surface area contributed by atoms with E-state index in [1.165, 1.54) is 12.8 Å². The first-order valence-electron chi connectivity index (χ1n) is 9.93. The zero-order valence-corrected chi connectivity index (χ0v) is 16.2. The van der Waals surface area contributed by atoms with Crippen LogP contribution < -0.4 is 0 Å². The Morgan fingerprint density at radius 2 is 1.89 bits per heavy atom. The van der Waals surface area contributed by atoms with Crippen molar-refractivity contribution in [3.8, 4) is 0 Å². The molecule has 152 valence electrons. The molecule has 1 fully saturated rings. The molecule has 0 saturated carbocycles. The third-order valence-corrected chi connectivity index (χ3v) is 4.31. The fourth-order valence-corrected chi connectivity index (χ4v) is 2.68. The standard InChI is InChI=1S/C22H34O5/c1-2-3-8-16-20-22(27-20)19(24)15-11-6-4-5-9-13-18(23)14-10-7-12-17-21(25)26/h4-5,7,9-11,13,15,18-20,22-24H,2-3,6,8,12,14,16-17H2,1H3,(H,25,26)/b5-4-,10-7-,13-9+,15-11-. The van der Waals surface area contributed by atoms with E-state index in [0.717, 1.165) is 12.8 Å². The van der Waals surface area contributed by atoms with Gasteiger partial charge in [-0.1, -0.05) is 74.8 Å². The molecule has 1 saturated heterocycles. The molecule has 0 radical (unpaired) electrons. The number of unbranched alkanes of at least 4 members (excludes halogenated alkanes) is 2. The second-order valence-corrected chi connectivity index (χ2v) is 6.81. The first-order valence-corrected chi connectivity index (χ1v) is 9.93. The number of aliphatic hydroxyl groups excluding tert-OH is 2. The molecule has 1 rings (SSSR count). The number of allylic oxidation sites excluding steroid dienone is 5. The zero-order chi connectivity index (χ0) is 19.9. The van der Waals surface area contributed by atoms with Crippen LogP contribution in [0.2, 0.25) is 0 Å². The highest BCUT2D eigenvalue weighted by atomic mass is 16.6. The summed E-state index contributed by atoms with van der Waals surface area (Å²) in [6.07, 6.45) is 20.0. The predicted octanol–water partition coefficient (Wildman–Crippen LogP) is 3.93. The molecule has 3 N–H and O–H groups in total. The van der Waals surface area contributed by atoms with E-state index >= 15 is 0 Å². The van der Waals surface area contributed by atoms with Gasteiger partial charge in [-0.05, 0) is 25.7 Å². The van der Waals surface area contributed by atoms with Crippen LogP contribution in [0, 0.1) is 0 Å². The molecule has 5 heteroatoms. The summed E-state index contributed by atoms with van der Waals surface area (Å²) in [7, 11) is 0. The molecule has 5 nitrogen and oxygen atoms in total. The van der Waals surface area contributed by atoms with Crippen molar-refractivity contribution in [3.63, 3.8) is 0 Å². The van der Waals surface area contributed by atoms with Crippen LogP contribution in [-0.2, 0) is 9.53 Å².